The molecule has 0 unspecified atom stereocenters. The number of hydrogen-bond donors (Lipinski definition) is 3. The molecule has 0 radical (unpaired) electrons. The van der Waals surface area contributed by atoms with E-state index >= 15 is 0 Å². The van der Waals surface area contributed by atoms with Crippen LogP contribution in [0.25, 0.3) is 0 Å². The van der Waals surface area contributed by atoms with Gasteiger partial charge in [-0.05, 0) is 6.08 Å². The minimum absolute atomic E-state index is 0.150. The van der Waals surface area contributed by atoms with Crippen molar-refractivity contribution < 1.29 is 25.5 Å². The number of aliphatic carboxylic acids is 2. The van der Waals surface area contributed by atoms with E-state index in [0.29, 0.717) is 0 Å². The van der Waals surface area contributed by atoms with Gasteiger partial charge in [0.25, 0.3) is 0 Å². The van der Waals surface area contributed by atoms with Crippen LogP contribution in [0.4, 0.5) is 0 Å². The van der Waals surface area contributed by atoms with Gasteiger partial charge in [-0.25, -0.2) is 9.59 Å². The fraction of sp³-hybridized carbons (Fsp3) is 0. The zero-order valence-electron chi connectivity index (χ0n) is 5.65. The summed E-state index contributed by atoms with van der Waals surface area (Å²) in [4.78, 5) is 19.9. The quantitative estimate of drug-likeness (QED) is 0.356. The first kappa shape index (κ1) is 9.38. The van der Waals surface area contributed by atoms with Crippen LogP contribution in [0.3, 0.4) is 0 Å². The molecule has 0 aliphatic rings. The van der Waals surface area contributed by atoms with Crippen molar-refractivity contribution in [3.63, 3.8) is 0 Å². The first-order chi connectivity index (χ1) is 5.04. The number of allylic oxidation sites excluding steroid dienone is 2. The number of hydrogen-bond acceptors (Lipinski definition) is 2. The molecule has 0 aliphatic carbocycles. The van der Waals surface area contributed by atoms with Crippen LogP contribution in [0.1, 0.15) is 0 Å². The molecule has 0 saturated heterocycles. The van der Waals surface area contributed by atoms with E-state index in [0.717, 1.165) is 18.2 Å². The Kier molecular flexibility index (Phi) is 3.61. The summed E-state index contributed by atoms with van der Waals surface area (Å²) < 4.78 is 0. The molecule has 0 aromatic heterocycles. The van der Waals surface area contributed by atoms with Crippen molar-refractivity contribution in [1.82, 2.24) is 0 Å². The van der Waals surface area contributed by atoms with E-state index in [9.17, 15) is 9.59 Å². The summed E-state index contributed by atoms with van der Waals surface area (Å²) in [5, 5.41) is 16.3. The SMILES string of the molecule is [NH3+]/C(=C\C=C\C(=O)O)C(=O)O. The van der Waals surface area contributed by atoms with Crippen LogP contribution in [0, 0.1) is 0 Å². The van der Waals surface area contributed by atoms with Gasteiger partial charge < -0.3 is 15.9 Å². The second-order valence-corrected chi connectivity index (χ2v) is 1.69. The normalized spacial score (nSPS) is 11.9. The van der Waals surface area contributed by atoms with Crippen molar-refractivity contribution >= 4 is 11.9 Å². The Bertz CT molecular complexity index is 229. The largest absolute Gasteiger partial charge is 0.478 e. The number of carboxylic acid groups (broad SMARTS) is 2. The van der Waals surface area contributed by atoms with E-state index in [1.165, 1.54) is 0 Å². The fourth-order valence-corrected chi connectivity index (χ4v) is 0.318. The maximum absolute atomic E-state index is 10.1. The standard InChI is InChI=1S/C6H7NO4/c7-4(6(10)11)2-1-3-5(8)9/h1-3H,7H2,(H,8,9)(H,10,11)/p+1/b3-1+,4-2-. The lowest BCUT2D eigenvalue weighted by Crippen LogP contribution is -2.51. The molecule has 0 aliphatic heterocycles. The van der Waals surface area contributed by atoms with Crippen LogP contribution < -0.4 is 5.73 Å². The van der Waals surface area contributed by atoms with Gasteiger partial charge in [-0.15, -0.1) is 0 Å². The Morgan fingerprint density at radius 2 is 1.82 bits per heavy atom. The minimum atomic E-state index is -1.17. The van der Waals surface area contributed by atoms with Gasteiger partial charge in [-0.1, -0.05) is 0 Å². The molecule has 0 rings (SSSR count). The van der Waals surface area contributed by atoms with Gasteiger partial charge in [0.1, 0.15) is 0 Å². The molecule has 11 heavy (non-hydrogen) atoms. The summed E-state index contributed by atoms with van der Waals surface area (Å²) in [6.07, 6.45) is 3.04. The average Bonchev–Trinajstić information content (AvgIpc) is 1.86. The van der Waals surface area contributed by atoms with Crippen LogP contribution >= 0.6 is 0 Å². The van der Waals surface area contributed by atoms with Gasteiger partial charge in [0.15, 0.2) is 0 Å². The molecule has 60 valence electrons. The fourth-order valence-electron chi connectivity index (χ4n) is 0.318. The highest BCUT2D eigenvalue weighted by Crippen LogP contribution is 1.82. The van der Waals surface area contributed by atoms with E-state index in [-0.39, 0.29) is 5.70 Å². The Morgan fingerprint density at radius 3 is 2.18 bits per heavy atom. The van der Waals surface area contributed by atoms with E-state index in [1.54, 1.807) is 0 Å². The van der Waals surface area contributed by atoms with Crippen molar-refractivity contribution in [2.75, 3.05) is 0 Å². The van der Waals surface area contributed by atoms with Crippen molar-refractivity contribution in [1.29, 1.82) is 0 Å². The molecule has 0 heterocycles. The van der Waals surface area contributed by atoms with Crippen molar-refractivity contribution in [3.05, 3.63) is 23.9 Å². The first-order valence-electron chi connectivity index (χ1n) is 2.70. The number of rotatable bonds is 3. The lowest BCUT2D eigenvalue weighted by Gasteiger charge is -1.82. The average molecular weight is 158 g/mol. The molecule has 0 atom stereocenters. The van der Waals surface area contributed by atoms with Crippen LogP contribution in [0.2, 0.25) is 0 Å². The summed E-state index contributed by atoms with van der Waals surface area (Å²) in [5.41, 5.74) is 3.00. The van der Waals surface area contributed by atoms with E-state index in [1.807, 2.05) is 0 Å². The molecule has 0 aromatic rings. The summed E-state index contributed by atoms with van der Waals surface area (Å²) in [5.74, 6) is -2.29. The van der Waals surface area contributed by atoms with Crippen molar-refractivity contribution in [2.45, 2.75) is 0 Å². The third-order valence-corrected chi connectivity index (χ3v) is 0.811. The predicted octanol–water partition coefficient (Wildman–Crippen LogP) is -1.16. The van der Waals surface area contributed by atoms with Gasteiger partial charge in [-0.2, -0.15) is 0 Å². The first-order valence-corrected chi connectivity index (χ1v) is 2.70. The molecule has 0 amide bonds. The highest BCUT2D eigenvalue weighted by atomic mass is 16.4. The second-order valence-electron chi connectivity index (χ2n) is 1.69. The summed E-state index contributed by atoms with van der Waals surface area (Å²) in [6.45, 7) is 0. The zero-order chi connectivity index (χ0) is 8.85. The van der Waals surface area contributed by atoms with Gasteiger partial charge in [-0.3, -0.25) is 0 Å². The smallest absolute Gasteiger partial charge is 0.390 e. The molecule has 5 N–H and O–H groups in total. The predicted molar refractivity (Wildman–Crippen MR) is 35.4 cm³/mol. The number of carboxylic acids is 2. The van der Waals surface area contributed by atoms with Crippen molar-refractivity contribution in [2.24, 2.45) is 0 Å². The Labute approximate surface area is 62.4 Å². The van der Waals surface area contributed by atoms with Crippen LogP contribution in [-0.4, -0.2) is 22.2 Å². The third-order valence-electron chi connectivity index (χ3n) is 0.811. The lowest BCUT2D eigenvalue weighted by atomic mass is 10.4. The van der Waals surface area contributed by atoms with Crippen LogP contribution in [-0.2, 0) is 9.59 Å². The molecular formula is C6H8NO4+. The van der Waals surface area contributed by atoms with Crippen LogP contribution in [0.15, 0.2) is 23.9 Å². The van der Waals surface area contributed by atoms with Gasteiger partial charge in [0.05, 0.1) is 0 Å². The molecule has 0 saturated carbocycles. The van der Waals surface area contributed by atoms with E-state index < -0.39 is 11.9 Å². The highest BCUT2D eigenvalue weighted by Gasteiger charge is 2.01. The lowest BCUT2D eigenvalue weighted by molar-refractivity contribution is -0.302. The molecule has 5 heteroatoms. The van der Waals surface area contributed by atoms with E-state index in [2.05, 4.69) is 5.73 Å². The molecule has 5 nitrogen and oxygen atoms in total. The molecule has 0 bridgehead atoms. The molecular weight excluding hydrogens is 150 g/mol. The number of carbonyl (C=O) groups is 2. The third kappa shape index (κ3) is 4.86. The zero-order valence-corrected chi connectivity index (χ0v) is 5.65. The maximum atomic E-state index is 10.1. The van der Waals surface area contributed by atoms with E-state index in [4.69, 9.17) is 10.2 Å². The van der Waals surface area contributed by atoms with Crippen LogP contribution in [0.5, 0.6) is 0 Å². The molecule has 0 aromatic carbocycles. The Morgan fingerprint density at radius 1 is 1.27 bits per heavy atom. The van der Waals surface area contributed by atoms with Crippen molar-refractivity contribution in [3.8, 4) is 0 Å². The topological polar surface area (TPSA) is 102 Å². The monoisotopic (exact) mass is 158 g/mol. The van der Waals surface area contributed by atoms with Gasteiger partial charge in [0, 0.05) is 12.2 Å². The Hall–Kier alpha value is -1.62. The summed E-state index contributed by atoms with van der Waals surface area (Å²) in [7, 11) is 0. The molecule has 0 spiro atoms. The van der Waals surface area contributed by atoms with Gasteiger partial charge in [0.2, 0.25) is 5.70 Å². The Balaban J connectivity index is 4.13. The highest BCUT2D eigenvalue weighted by molar-refractivity contribution is 5.84. The second kappa shape index (κ2) is 4.24. The number of quaternary nitrogens is 1. The minimum Gasteiger partial charge on any atom is -0.478 e. The molecule has 0 fully saturated rings. The van der Waals surface area contributed by atoms with Gasteiger partial charge >= 0.3 is 11.9 Å². The summed E-state index contributed by atoms with van der Waals surface area (Å²) >= 11 is 0. The maximum Gasteiger partial charge on any atom is 0.390 e. The summed E-state index contributed by atoms with van der Waals surface area (Å²) in [6, 6.07) is 0.